The molecule has 2 heterocycles. The molecule has 0 aliphatic heterocycles. The van der Waals surface area contributed by atoms with Crippen molar-refractivity contribution in [2.45, 2.75) is 6.92 Å². The molecule has 0 bridgehead atoms. The van der Waals surface area contributed by atoms with E-state index in [0.29, 0.717) is 0 Å². The van der Waals surface area contributed by atoms with Crippen LogP contribution in [0.15, 0.2) is 30.6 Å². The van der Waals surface area contributed by atoms with Crippen LogP contribution in [0.1, 0.15) is 5.56 Å². The first kappa shape index (κ1) is 9.18. The Kier molecular flexibility index (Phi) is 1.84. The third-order valence-corrected chi connectivity index (χ3v) is 2.81. The van der Waals surface area contributed by atoms with Gasteiger partial charge in [0.15, 0.2) is 0 Å². The third kappa shape index (κ3) is 1.17. The average Bonchev–Trinajstić information content (AvgIpc) is 2.67. The number of aryl methyl sites for hydroxylation is 1. The molecule has 0 saturated heterocycles. The second-order valence-corrected chi connectivity index (χ2v) is 3.93. The first-order valence-corrected chi connectivity index (χ1v) is 5.12. The van der Waals surface area contributed by atoms with E-state index in [1.165, 1.54) is 16.3 Å². The van der Waals surface area contributed by atoms with Crippen LogP contribution < -0.4 is 11.3 Å². The summed E-state index contributed by atoms with van der Waals surface area (Å²) in [6, 6.07) is 6.17. The molecular formula is C12H12N4. The summed E-state index contributed by atoms with van der Waals surface area (Å²) in [6.07, 6.45) is 3.62. The zero-order chi connectivity index (χ0) is 11.1. The number of hydrogen-bond acceptors (Lipinski definition) is 3. The number of nitrogens with zero attached hydrogens (tertiary/aromatic N) is 1. The number of fused-ring (bicyclic) bond motifs is 3. The molecule has 80 valence electrons. The monoisotopic (exact) mass is 212 g/mol. The van der Waals surface area contributed by atoms with Gasteiger partial charge in [0.1, 0.15) is 0 Å². The van der Waals surface area contributed by atoms with Crippen LogP contribution >= 0.6 is 0 Å². The number of anilines is 1. The van der Waals surface area contributed by atoms with Crippen molar-refractivity contribution in [3.63, 3.8) is 0 Å². The molecule has 0 amide bonds. The summed E-state index contributed by atoms with van der Waals surface area (Å²) >= 11 is 0. The predicted octanol–water partition coefficient (Wildman–Crippen LogP) is 2.31. The van der Waals surface area contributed by atoms with Gasteiger partial charge in [-0.1, -0.05) is 0 Å². The second-order valence-electron chi connectivity index (χ2n) is 3.93. The number of rotatable bonds is 1. The fraction of sp³-hybridized carbons (Fsp3) is 0.0833. The molecular weight excluding hydrogens is 200 g/mol. The Hall–Kier alpha value is -2.07. The van der Waals surface area contributed by atoms with Crippen molar-refractivity contribution in [2.75, 3.05) is 5.43 Å². The van der Waals surface area contributed by atoms with Gasteiger partial charge in [-0.3, -0.25) is 10.8 Å². The normalized spacial score (nSPS) is 11.1. The smallest absolute Gasteiger partial charge is 0.0730 e. The molecule has 0 atom stereocenters. The Bertz CT molecular complexity index is 669. The molecule has 0 aliphatic rings. The number of H-pyrrole nitrogens is 1. The van der Waals surface area contributed by atoms with E-state index in [9.17, 15) is 0 Å². The van der Waals surface area contributed by atoms with Crippen molar-refractivity contribution in [3.8, 4) is 0 Å². The lowest BCUT2D eigenvalue weighted by Gasteiger charge is -2.03. The van der Waals surface area contributed by atoms with Crippen LogP contribution in [0.3, 0.4) is 0 Å². The summed E-state index contributed by atoms with van der Waals surface area (Å²) in [6.45, 7) is 2.06. The van der Waals surface area contributed by atoms with Gasteiger partial charge in [-0.25, -0.2) is 0 Å². The van der Waals surface area contributed by atoms with Crippen molar-refractivity contribution < 1.29 is 0 Å². The predicted molar refractivity (Wildman–Crippen MR) is 66.1 cm³/mol. The van der Waals surface area contributed by atoms with Gasteiger partial charge in [-0.2, -0.15) is 0 Å². The maximum atomic E-state index is 5.52. The van der Waals surface area contributed by atoms with Gasteiger partial charge in [0.05, 0.1) is 22.9 Å². The molecule has 3 aromatic rings. The van der Waals surface area contributed by atoms with E-state index in [0.717, 1.165) is 16.7 Å². The van der Waals surface area contributed by atoms with Crippen molar-refractivity contribution in [3.05, 3.63) is 36.2 Å². The summed E-state index contributed by atoms with van der Waals surface area (Å²) in [7, 11) is 0. The van der Waals surface area contributed by atoms with Crippen molar-refractivity contribution in [2.24, 2.45) is 5.84 Å². The van der Waals surface area contributed by atoms with Gasteiger partial charge in [0, 0.05) is 17.0 Å². The van der Waals surface area contributed by atoms with E-state index in [1.54, 1.807) is 6.20 Å². The van der Waals surface area contributed by atoms with E-state index in [1.807, 2.05) is 18.3 Å². The molecule has 0 fully saturated rings. The highest BCUT2D eigenvalue weighted by molar-refractivity contribution is 6.11. The van der Waals surface area contributed by atoms with Gasteiger partial charge >= 0.3 is 0 Å². The molecule has 0 radical (unpaired) electrons. The largest absolute Gasteiger partial charge is 0.352 e. The highest BCUT2D eigenvalue weighted by Gasteiger charge is 2.08. The molecule has 4 heteroatoms. The fourth-order valence-corrected chi connectivity index (χ4v) is 2.11. The highest BCUT2D eigenvalue weighted by Crippen LogP contribution is 2.30. The number of aromatic nitrogens is 2. The zero-order valence-electron chi connectivity index (χ0n) is 8.91. The molecule has 4 nitrogen and oxygen atoms in total. The van der Waals surface area contributed by atoms with Gasteiger partial charge in [0.25, 0.3) is 0 Å². The van der Waals surface area contributed by atoms with Crippen LogP contribution in [-0.4, -0.2) is 9.97 Å². The number of nitrogen functional groups attached to an aromatic ring is 1. The Labute approximate surface area is 92.4 Å². The number of nitrogens with two attached hydrogens (primary N) is 1. The first-order valence-electron chi connectivity index (χ1n) is 5.12. The highest BCUT2D eigenvalue weighted by atomic mass is 15.2. The summed E-state index contributed by atoms with van der Waals surface area (Å²) in [5.41, 5.74) is 6.86. The van der Waals surface area contributed by atoms with Crippen molar-refractivity contribution in [1.29, 1.82) is 0 Å². The molecule has 4 N–H and O–H groups in total. The van der Waals surface area contributed by atoms with Gasteiger partial charge in [-0.05, 0) is 30.7 Å². The molecule has 0 aliphatic carbocycles. The zero-order valence-corrected chi connectivity index (χ0v) is 8.91. The fourth-order valence-electron chi connectivity index (χ4n) is 2.11. The molecule has 0 spiro atoms. The lowest BCUT2D eigenvalue weighted by Crippen LogP contribution is -2.07. The minimum atomic E-state index is 0.909. The lowest BCUT2D eigenvalue weighted by atomic mass is 10.1. The number of aromatic amines is 1. The van der Waals surface area contributed by atoms with Crippen molar-refractivity contribution >= 4 is 27.5 Å². The Morgan fingerprint density at radius 1 is 1.31 bits per heavy atom. The maximum absolute atomic E-state index is 5.52. The minimum Gasteiger partial charge on any atom is -0.352 e. The Morgan fingerprint density at radius 3 is 3.00 bits per heavy atom. The van der Waals surface area contributed by atoms with E-state index < -0.39 is 0 Å². The van der Waals surface area contributed by atoms with Crippen LogP contribution in [0.4, 0.5) is 5.69 Å². The first-order chi connectivity index (χ1) is 7.79. The number of hydrogen-bond donors (Lipinski definition) is 3. The topological polar surface area (TPSA) is 66.7 Å². The van der Waals surface area contributed by atoms with Gasteiger partial charge < -0.3 is 10.4 Å². The summed E-state index contributed by atoms with van der Waals surface area (Å²) in [5.74, 6) is 5.52. The third-order valence-electron chi connectivity index (χ3n) is 2.81. The van der Waals surface area contributed by atoms with E-state index >= 15 is 0 Å². The standard InChI is InChI=1S/C12H12N4/c1-7-4-9-8-2-3-14-6-11(8)15-12(9)10(5-7)16-13/h2-6,15-16H,13H2,1H3. The van der Waals surface area contributed by atoms with Crippen LogP contribution in [0.2, 0.25) is 0 Å². The number of hydrazine groups is 1. The van der Waals surface area contributed by atoms with Crippen LogP contribution in [0.5, 0.6) is 0 Å². The molecule has 3 rings (SSSR count). The molecule has 16 heavy (non-hydrogen) atoms. The Balaban J connectivity index is 2.54. The summed E-state index contributed by atoms with van der Waals surface area (Å²) in [5, 5.41) is 2.34. The maximum Gasteiger partial charge on any atom is 0.0730 e. The molecule has 1 aromatic carbocycles. The van der Waals surface area contributed by atoms with E-state index in [-0.39, 0.29) is 0 Å². The molecule has 0 saturated carbocycles. The number of benzene rings is 1. The van der Waals surface area contributed by atoms with Crippen LogP contribution in [-0.2, 0) is 0 Å². The quantitative estimate of drug-likeness (QED) is 0.428. The number of pyridine rings is 1. The second kappa shape index (κ2) is 3.21. The summed E-state index contributed by atoms with van der Waals surface area (Å²) in [4.78, 5) is 7.42. The van der Waals surface area contributed by atoms with Crippen molar-refractivity contribution in [1.82, 2.24) is 9.97 Å². The van der Waals surface area contributed by atoms with E-state index in [4.69, 9.17) is 5.84 Å². The molecule has 0 unspecified atom stereocenters. The van der Waals surface area contributed by atoms with E-state index in [2.05, 4.69) is 28.4 Å². The average molecular weight is 212 g/mol. The lowest BCUT2D eigenvalue weighted by molar-refractivity contribution is 1.33. The summed E-state index contributed by atoms with van der Waals surface area (Å²) < 4.78 is 0. The SMILES string of the molecule is Cc1cc(NN)c2[nH]c3cnccc3c2c1. The van der Waals surface area contributed by atoms with Gasteiger partial charge in [0.2, 0.25) is 0 Å². The minimum absolute atomic E-state index is 0.909. The van der Waals surface area contributed by atoms with Crippen LogP contribution in [0, 0.1) is 6.92 Å². The van der Waals surface area contributed by atoms with Gasteiger partial charge in [-0.15, -0.1) is 0 Å². The number of nitrogens with one attached hydrogen (secondary N) is 2. The Morgan fingerprint density at radius 2 is 2.19 bits per heavy atom. The molecule has 2 aromatic heterocycles. The van der Waals surface area contributed by atoms with Crippen LogP contribution in [0.25, 0.3) is 21.8 Å².